The maximum absolute atomic E-state index is 13.4. The van der Waals surface area contributed by atoms with Crippen molar-refractivity contribution >= 4 is 43.8 Å². The molecule has 1 aliphatic heterocycles. The van der Waals surface area contributed by atoms with E-state index in [4.69, 9.17) is 15.6 Å². The summed E-state index contributed by atoms with van der Waals surface area (Å²) in [5.74, 6) is -1.24. The van der Waals surface area contributed by atoms with Gasteiger partial charge in [-0.15, -0.1) is 0 Å². The van der Waals surface area contributed by atoms with Gasteiger partial charge in [-0.05, 0) is 53.8 Å². The number of hydrogen-bond acceptors (Lipinski definition) is 6. The Balaban J connectivity index is 1.41. The Labute approximate surface area is 225 Å². The van der Waals surface area contributed by atoms with E-state index in [1.54, 1.807) is 41.3 Å². The zero-order valence-electron chi connectivity index (χ0n) is 21.2. The van der Waals surface area contributed by atoms with Crippen LogP contribution in [-0.2, 0) is 21.4 Å². The quantitative estimate of drug-likeness (QED) is 0.192. The van der Waals surface area contributed by atoms with Crippen LogP contribution in [0.25, 0.3) is 21.9 Å². The van der Waals surface area contributed by atoms with Crippen LogP contribution in [0.1, 0.15) is 12.8 Å². The lowest BCUT2D eigenvalue weighted by atomic mass is 9.98. The topological polar surface area (TPSA) is 164 Å². The number of hydrogen-bond donors (Lipinski definition) is 4. The van der Waals surface area contributed by atoms with E-state index in [9.17, 15) is 18.0 Å². The monoisotopic (exact) mass is 550 g/mol. The molecule has 11 nitrogen and oxygen atoms in total. The smallest absolute Gasteiger partial charge is 0.408 e. The SMILES string of the molecule is N=C(N)N1CCCC(CNC(=O)C(Cn2c(=O)oc3ccccc32)NS(=O)(=O)c2ccc3ccccc3c2)C1. The molecular formula is C27H30N6O5S. The highest BCUT2D eigenvalue weighted by Gasteiger charge is 2.29. The van der Waals surface area contributed by atoms with E-state index in [1.165, 1.54) is 10.6 Å². The van der Waals surface area contributed by atoms with Gasteiger partial charge in [0.25, 0.3) is 0 Å². The van der Waals surface area contributed by atoms with Gasteiger partial charge in [-0.1, -0.05) is 42.5 Å². The zero-order valence-corrected chi connectivity index (χ0v) is 22.0. The number of amides is 1. The third kappa shape index (κ3) is 5.81. The lowest BCUT2D eigenvalue weighted by Crippen LogP contribution is -2.52. The molecule has 0 radical (unpaired) electrons. The Kier molecular flexibility index (Phi) is 7.40. The molecule has 12 heteroatoms. The first kappa shape index (κ1) is 26.4. The molecule has 0 bridgehead atoms. The molecule has 1 amide bonds. The Hall–Kier alpha value is -4.16. The molecule has 3 aromatic carbocycles. The largest absolute Gasteiger partial charge is 0.420 e. The highest BCUT2D eigenvalue weighted by atomic mass is 32.2. The summed E-state index contributed by atoms with van der Waals surface area (Å²) in [5, 5.41) is 12.2. The van der Waals surface area contributed by atoms with Crippen molar-refractivity contribution in [1.29, 1.82) is 5.41 Å². The average molecular weight is 551 g/mol. The van der Waals surface area contributed by atoms with Crippen LogP contribution in [0, 0.1) is 11.3 Å². The molecule has 5 N–H and O–H groups in total. The number of oxazole rings is 1. The first-order valence-electron chi connectivity index (χ1n) is 12.7. The Morgan fingerprint density at radius 1 is 1.10 bits per heavy atom. The summed E-state index contributed by atoms with van der Waals surface area (Å²) in [7, 11) is -4.14. The van der Waals surface area contributed by atoms with Crippen LogP contribution in [0.15, 0.2) is 80.8 Å². The number of rotatable bonds is 8. The maximum atomic E-state index is 13.4. The number of nitrogens with two attached hydrogens (primary N) is 1. The second-order valence-corrected chi connectivity index (χ2v) is 11.4. The van der Waals surface area contributed by atoms with Gasteiger partial charge >= 0.3 is 5.76 Å². The van der Waals surface area contributed by atoms with Crippen molar-refractivity contribution in [3.63, 3.8) is 0 Å². The van der Waals surface area contributed by atoms with Gasteiger partial charge in [-0.25, -0.2) is 13.2 Å². The lowest BCUT2D eigenvalue weighted by molar-refractivity contribution is -0.123. The second-order valence-electron chi connectivity index (χ2n) is 9.71. The van der Waals surface area contributed by atoms with Crippen LogP contribution in [0.5, 0.6) is 0 Å². The minimum absolute atomic E-state index is 0.00720. The summed E-state index contributed by atoms with van der Waals surface area (Å²) < 4.78 is 35.9. The van der Waals surface area contributed by atoms with Crippen LogP contribution in [-0.4, -0.2) is 55.4 Å². The van der Waals surface area contributed by atoms with Crippen molar-refractivity contribution < 1.29 is 17.6 Å². The minimum Gasteiger partial charge on any atom is -0.408 e. The van der Waals surface area contributed by atoms with E-state index < -0.39 is 27.7 Å². The first-order chi connectivity index (χ1) is 18.7. The summed E-state index contributed by atoms with van der Waals surface area (Å²) >= 11 is 0. The number of benzene rings is 3. The fourth-order valence-corrected chi connectivity index (χ4v) is 6.17. The molecule has 1 aliphatic rings. The van der Waals surface area contributed by atoms with Crippen molar-refractivity contribution in [2.45, 2.75) is 30.3 Å². The van der Waals surface area contributed by atoms with E-state index in [-0.39, 0.29) is 29.9 Å². The van der Waals surface area contributed by atoms with Crippen molar-refractivity contribution in [2.75, 3.05) is 19.6 Å². The molecule has 4 aromatic rings. The fourth-order valence-electron chi connectivity index (χ4n) is 4.95. The standard InChI is InChI=1S/C27H30N6O5S/c28-26(29)32-13-5-6-18(16-32)15-30-25(34)22(17-33-23-9-3-4-10-24(23)38-27(33)35)31-39(36,37)21-12-11-19-7-1-2-8-20(19)14-21/h1-4,7-12,14,18,22,31H,5-6,13,15-17H2,(H3,28,29)(H,30,34). The third-order valence-corrected chi connectivity index (χ3v) is 8.48. The highest BCUT2D eigenvalue weighted by molar-refractivity contribution is 7.89. The van der Waals surface area contributed by atoms with Crippen molar-refractivity contribution in [3.8, 4) is 0 Å². The number of fused-ring (bicyclic) bond motifs is 2. The number of carbonyl (C=O) groups excluding carboxylic acids is 1. The normalized spacial score (nSPS) is 16.8. The van der Waals surface area contributed by atoms with Crippen molar-refractivity contribution in [2.24, 2.45) is 11.7 Å². The number of piperidine rings is 1. The number of guanidine groups is 1. The highest BCUT2D eigenvalue weighted by Crippen LogP contribution is 2.20. The molecule has 39 heavy (non-hydrogen) atoms. The average Bonchev–Trinajstić information content (AvgIpc) is 3.25. The van der Waals surface area contributed by atoms with Gasteiger partial charge in [0.05, 0.1) is 17.0 Å². The number of carbonyl (C=O) groups is 1. The molecule has 1 saturated heterocycles. The van der Waals surface area contributed by atoms with Crippen molar-refractivity contribution in [1.82, 2.24) is 19.5 Å². The number of aromatic nitrogens is 1. The van der Waals surface area contributed by atoms with Gasteiger partial charge in [0.2, 0.25) is 15.9 Å². The molecule has 1 aromatic heterocycles. The van der Waals surface area contributed by atoms with Gasteiger partial charge in [0, 0.05) is 19.6 Å². The molecule has 0 spiro atoms. The lowest BCUT2D eigenvalue weighted by Gasteiger charge is -2.33. The molecule has 1 fully saturated rings. The van der Waals surface area contributed by atoms with Crippen LogP contribution in [0.3, 0.4) is 0 Å². The molecule has 2 atom stereocenters. The van der Waals surface area contributed by atoms with Crippen molar-refractivity contribution in [3.05, 3.63) is 77.3 Å². The minimum atomic E-state index is -4.14. The summed E-state index contributed by atoms with van der Waals surface area (Å²) in [4.78, 5) is 27.8. The molecule has 0 aliphatic carbocycles. The number of nitrogens with one attached hydrogen (secondary N) is 3. The van der Waals surface area contributed by atoms with E-state index in [0.29, 0.717) is 24.2 Å². The molecule has 2 heterocycles. The van der Waals surface area contributed by atoms with Gasteiger partial charge in [-0.3, -0.25) is 14.8 Å². The van der Waals surface area contributed by atoms with Gasteiger partial charge in [0.15, 0.2) is 11.5 Å². The Morgan fingerprint density at radius 3 is 2.64 bits per heavy atom. The molecular weight excluding hydrogens is 520 g/mol. The Morgan fingerprint density at radius 2 is 1.85 bits per heavy atom. The number of sulfonamides is 1. The van der Waals surface area contributed by atoms with Crippen LogP contribution >= 0.6 is 0 Å². The van der Waals surface area contributed by atoms with E-state index in [0.717, 1.165) is 23.6 Å². The third-order valence-electron chi connectivity index (χ3n) is 7.01. The number of para-hydroxylation sites is 2. The van der Waals surface area contributed by atoms with Gasteiger partial charge < -0.3 is 20.4 Å². The molecule has 0 saturated carbocycles. The second kappa shape index (κ2) is 10.9. The summed E-state index contributed by atoms with van der Waals surface area (Å²) in [6.45, 7) is 1.22. The summed E-state index contributed by atoms with van der Waals surface area (Å²) in [6.07, 6.45) is 1.66. The van der Waals surface area contributed by atoms with E-state index >= 15 is 0 Å². The predicted molar refractivity (Wildman–Crippen MR) is 148 cm³/mol. The molecule has 5 rings (SSSR count). The van der Waals surface area contributed by atoms with Crippen LogP contribution in [0.4, 0.5) is 0 Å². The fraction of sp³-hybridized carbons (Fsp3) is 0.296. The number of likely N-dealkylation sites (tertiary alicyclic amines) is 1. The zero-order chi connectivity index (χ0) is 27.6. The van der Waals surface area contributed by atoms with Gasteiger partial charge in [-0.2, -0.15) is 4.72 Å². The molecule has 204 valence electrons. The van der Waals surface area contributed by atoms with Gasteiger partial charge in [0.1, 0.15) is 6.04 Å². The van der Waals surface area contributed by atoms with Crippen LogP contribution in [0.2, 0.25) is 0 Å². The van der Waals surface area contributed by atoms with E-state index in [2.05, 4.69) is 10.0 Å². The molecule has 2 unspecified atom stereocenters. The maximum Gasteiger partial charge on any atom is 0.420 e. The summed E-state index contributed by atoms with van der Waals surface area (Å²) in [5.41, 5.74) is 6.42. The summed E-state index contributed by atoms with van der Waals surface area (Å²) in [6, 6.07) is 17.6. The first-order valence-corrected chi connectivity index (χ1v) is 14.2. The Bertz CT molecular complexity index is 1700. The van der Waals surface area contributed by atoms with E-state index in [1.807, 2.05) is 24.3 Å². The predicted octanol–water partition coefficient (Wildman–Crippen LogP) is 1.82. The number of nitrogens with zero attached hydrogens (tertiary/aromatic N) is 2. The van der Waals surface area contributed by atoms with Crippen LogP contribution < -0.4 is 21.5 Å².